The van der Waals surface area contributed by atoms with Crippen molar-refractivity contribution in [1.29, 1.82) is 0 Å². The topological polar surface area (TPSA) is 95.6 Å². The summed E-state index contributed by atoms with van der Waals surface area (Å²) >= 11 is 0. The second-order valence-electron chi connectivity index (χ2n) is 6.09. The number of rotatable bonds is 5. The van der Waals surface area contributed by atoms with Gasteiger partial charge in [-0.15, -0.1) is 0 Å². The fraction of sp³-hybridized carbons (Fsp3) is 0.571. The predicted octanol–water partition coefficient (Wildman–Crippen LogP) is 0.110. The molecule has 1 saturated heterocycles. The molecule has 1 aromatic rings. The van der Waals surface area contributed by atoms with Crippen LogP contribution in [0.1, 0.15) is 19.8 Å². The summed E-state index contributed by atoms with van der Waals surface area (Å²) < 4.78 is 53.5. The molecule has 1 aliphatic heterocycles. The van der Waals surface area contributed by atoms with Crippen LogP contribution in [0.4, 0.5) is 0 Å². The molecule has 1 unspecified atom stereocenters. The number of hydrogen-bond acceptors (Lipinski definition) is 5. The maximum Gasteiger partial charge on any atom is 0.243 e. The van der Waals surface area contributed by atoms with E-state index in [1.807, 2.05) is 6.92 Å². The van der Waals surface area contributed by atoms with Gasteiger partial charge in [-0.05, 0) is 44.0 Å². The number of nitrogens with zero attached hydrogens (tertiary/aromatic N) is 1. The maximum absolute atomic E-state index is 12.6. The molecule has 0 amide bonds. The molecule has 0 aromatic heterocycles. The lowest BCUT2D eigenvalue weighted by Crippen LogP contribution is -2.51. The fourth-order valence-corrected chi connectivity index (χ4v) is 5.38. The minimum Gasteiger partial charge on any atom is -0.312 e. The lowest BCUT2D eigenvalue weighted by Gasteiger charge is -2.31. The molecular weight excluding hydrogens is 338 g/mol. The second-order valence-corrected chi connectivity index (χ2v) is 9.74. The molecule has 1 saturated carbocycles. The highest BCUT2D eigenvalue weighted by Crippen LogP contribution is 2.23. The van der Waals surface area contributed by atoms with Crippen LogP contribution in [0.2, 0.25) is 0 Å². The molecule has 2 N–H and O–H groups in total. The summed E-state index contributed by atoms with van der Waals surface area (Å²) in [4.78, 5) is 0.217. The van der Waals surface area contributed by atoms with E-state index in [1.54, 1.807) is 0 Å². The van der Waals surface area contributed by atoms with E-state index in [2.05, 4.69) is 10.0 Å². The minimum atomic E-state index is -3.59. The fourth-order valence-electron chi connectivity index (χ4n) is 2.54. The normalized spacial score (nSPS) is 23.8. The van der Waals surface area contributed by atoms with E-state index in [0.717, 1.165) is 12.8 Å². The lowest BCUT2D eigenvalue weighted by molar-refractivity contribution is 0.310. The first-order valence-electron chi connectivity index (χ1n) is 7.65. The molecule has 0 bridgehead atoms. The Labute approximate surface area is 137 Å². The molecule has 128 valence electrons. The lowest BCUT2D eigenvalue weighted by atomic mass is 10.3. The largest absolute Gasteiger partial charge is 0.312 e. The first-order valence-corrected chi connectivity index (χ1v) is 10.6. The standard InChI is InChI=1S/C14H21N3O4S2/c1-11-10-17(9-8-15-11)23(20,21)14-6-4-13(5-7-14)22(18,19)16-12-2-3-12/h4-7,11-12,15-16H,2-3,8-10H2,1H3. The SMILES string of the molecule is CC1CN(S(=O)(=O)c2ccc(S(=O)(=O)NC3CC3)cc2)CCN1. The summed E-state index contributed by atoms with van der Waals surface area (Å²) in [5.74, 6) is 0. The Morgan fingerprint density at radius 2 is 1.70 bits per heavy atom. The van der Waals surface area contributed by atoms with E-state index in [0.29, 0.717) is 19.6 Å². The van der Waals surface area contributed by atoms with Crippen LogP contribution < -0.4 is 10.0 Å². The summed E-state index contributed by atoms with van der Waals surface area (Å²) in [7, 11) is -7.15. The van der Waals surface area contributed by atoms with Crippen molar-refractivity contribution in [2.24, 2.45) is 0 Å². The van der Waals surface area contributed by atoms with Crippen LogP contribution in [-0.2, 0) is 20.0 Å². The highest BCUT2D eigenvalue weighted by molar-refractivity contribution is 7.89. The van der Waals surface area contributed by atoms with Gasteiger partial charge in [0.25, 0.3) is 0 Å². The Bertz CT molecular complexity index is 771. The van der Waals surface area contributed by atoms with Crippen molar-refractivity contribution in [2.45, 2.75) is 41.6 Å². The molecule has 1 heterocycles. The van der Waals surface area contributed by atoms with Crippen molar-refractivity contribution in [3.63, 3.8) is 0 Å². The van der Waals surface area contributed by atoms with Gasteiger partial charge < -0.3 is 5.32 Å². The molecule has 23 heavy (non-hydrogen) atoms. The second kappa shape index (κ2) is 6.14. The van der Waals surface area contributed by atoms with E-state index in [9.17, 15) is 16.8 Å². The van der Waals surface area contributed by atoms with Gasteiger partial charge in [0.1, 0.15) is 0 Å². The Morgan fingerprint density at radius 1 is 1.09 bits per heavy atom. The third-order valence-electron chi connectivity index (χ3n) is 4.00. The van der Waals surface area contributed by atoms with Crippen molar-refractivity contribution in [3.8, 4) is 0 Å². The van der Waals surface area contributed by atoms with Crippen molar-refractivity contribution < 1.29 is 16.8 Å². The van der Waals surface area contributed by atoms with E-state index in [1.165, 1.54) is 28.6 Å². The summed E-state index contributed by atoms with van der Waals surface area (Å²) in [5.41, 5.74) is 0. The smallest absolute Gasteiger partial charge is 0.243 e. The average molecular weight is 359 g/mol. The van der Waals surface area contributed by atoms with Crippen LogP contribution in [0.25, 0.3) is 0 Å². The molecule has 7 nitrogen and oxygen atoms in total. The van der Waals surface area contributed by atoms with Crippen molar-refractivity contribution in [2.75, 3.05) is 19.6 Å². The molecular formula is C14H21N3O4S2. The number of hydrogen-bond donors (Lipinski definition) is 2. The monoisotopic (exact) mass is 359 g/mol. The molecule has 0 spiro atoms. The van der Waals surface area contributed by atoms with Gasteiger partial charge in [0.05, 0.1) is 9.79 Å². The summed E-state index contributed by atoms with van der Waals surface area (Å²) in [5, 5.41) is 3.19. The van der Waals surface area contributed by atoms with Gasteiger partial charge in [-0.2, -0.15) is 4.31 Å². The van der Waals surface area contributed by atoms with Crippen molar-refractivity contribution in [1.82, 2.24) is 14.3 Å². The number of sulfonamides is 2. The van der Waals surface area contributed by atoms with Gasteiger partial charge in [-0.25, -0.2) is 21.6 Å². The molecule has 9 heteroatoms. The predicted molar refractivity (Wildman–Crippen MR) is 86.0 cm³/mol. The Hall–Kier alpha value is -1.00. The number of benzene rings is 1. The molecule has 2 fully saturated rings. The van der Waals surface area contributed by atoms with Gasteiger partial charge in [0.2, 0.25) is 20.0 Å². The van der Waals surface area contributed by atoms with E-state index < -0.39 is 20.0 Å². The van der Waals surface area contributed by atoms with Gasteiger partial charge in [-0.1, -0.05) is 0 Å². The van der Waals surface area contributed by atoms with E-state index >= 15 is 0 Å². The Morgan fingerprint density at radius 3 is 2.26 bits per heavy atom. The molecule has 2 aliphatic rings. The van der Waals surface area contributed by atoms with Gasteiger partial charge in [0, 0.05) is 31.7 Å². The third kappa shape index (κ3) is 3.74. The molecule has 3 rings (SSSR count). The van der Waals surface area contributed by atoms with Crippen LogP contribution in [0, 0.1) is 0 Å². The maximum atomic E-state index is 12.6. The first kappa shape index (κ1) is 16.8. The zero-order chi connectivity index (χ0) is 16.7. The van der Waals surface area contributed by atoms with E-state index in [4.69, 9.17) is 0 Å². The van der Waals surface area contributed by atoms with Crippen molar-refractivity contribution in [3.05, 3.63) is 24.3 Å². The zero-order valence-corrected chi connectivity index (χ0v) is 14.5. The Kier molecular flexibility index (Phi) is 4.49. The Balaban J connectivity index is 1.80. The minimum absolute atomic E-state index is 0.0192. The third-order valence-corrected chi connectivity index (χ3v) is 7.42. The van der Waals surface area contributed by atoms with Gasteiger partial charge >= 0.3 is 0 Å². The molecule has 1 atom stereocenters. The highest BCUT2D eigenvalue weighted by atomic mass is 32.2. The van der Waals surface area contributed by atoms with Crippen LogP contribution >= 0.6 is 0 Å². The molecule has 1 aromatic carbocycles. The van der Waals surface area contributed by atoms with Gasteiger partial charge in [-0.3, -0.25) is 0 Å². The van der Waals surface area contributed by atoms with Crippen LogP contribution in [0.15, 0.2) is 34.1 Å². The number of nitrogens with one attached hydrogen (secondary N) is 2. The highest BCUT2D eigenvalue weighted by Gasteiger charge is 2.30. The van der Waals surface area contributed by atoms with Crippen LogP contribution in [-0.4, -0.2) is 52.9 Å². The van der Waals surface area contributed by atoms with Crippen molar-refractivity contribution >= 4 is 20.0 Å². The first-order chi connectivity index (χ1) is 10.8. The molecule has 0 radical (unpaired) electrons. The molecule has 1 aliphatic carbocycles. The summed E-state index contributed by atoms with van der Waals surface area (Å²) in [6.07, 6.45) is 1.71. The number of piperazine rings is 1. The summed E-state index contributed by atoms with van der Waals surface area (Å²) in [6, 6.07) is 5.55. The quantitative estimate of drug-likeness (QED) is 0.778. The van der Waals surface area contributed by atoms with Crippen LogP contribution in [0.3, 0.4) is 0 Å². The zero-order valence-electron chi connectivity index (χ0n) is 12.9. The van der Waals surface area contributed by atoms with Crippen LogP contribution in [0.5, 0.6) is 0 Å². The van der Waals surface area contributed by atoms with Gasteiger partial charge in [0.15, 0.2) is 0 Å². The summed E-state index contributed by atoms with van der Waals surface area (Å²) in [6.45, 7) is 3.36. The average Bonchev–Trinajstić information content (AvgIpc) is 3.30. The van der Waals surface area contributed by atoms with E-state index in [-0.39, 0.29) is 21.9 Å².